The molecule has 32 heavy (non-hydrogen) atoms. The fraction of sp³-hybridized carbons (Fsp3) is 0.391. The molecule has 0 aliphatic carbocycles. The molecule has 9 heteroatoms. The number of amides is 2. The molecule has 172 valence electrons. The van der Waals surface area contributed by atoms with E-state index in [-0.39, 0.29) is 22.6 Å². The average molecular weight is 478 g/mol. The van der Waals surface area contributed by atoms with Crippen molar-refractivity contribution in [3.05, 3.63) is 59.1 Å². The van der Waals surface area contributed by atoms with Gasteiger partial charge in [0.2, 0.25) is 5.91 Å². The fourth-order valence-corrected chi connectivity index (χ4v) is 4.67. The summed E-state index contributed by atoms with van der Waals surface area (Å²) in [5.41, 5.74) is 0.833. The molecule has 0 unspecified atom stereocenters. The maximum absolute atomic E-state index is 12.8. The van der Waals surface area contributed by atoms with E-state index in [4.69, 9.17) is 11.6 Å². The van der Waals surface area contributed by atoms with Crippen LogP contribution in [0.15, 0.2) is 53.4 Å². The number of benzene rings is 2. The first-order chi connectivity index (χ1) is 15.2. The maximum atomic E-state index is 12.8. The van der Waals surface area contributed by atoms with E-state index in [0.29, 0.717) is 54.7 Å². The summed E-state index contributed by atoms with van der Waals surface area (Å²) in [5.74, 6) is 0.267. The van der Waals surface area contributed by atoms with Gasteiger partial charge in [-0.3, -0.25) is 14.3 Å². The Kier molecular flexibility index (Phi) is 7.79. The standard InChI is InChI=1S/C23H28ClN3O4S/c1-16(2)15-25-22(28)17-11-13-27(14-12-17)23(29)18-3-7-20(8-4-18)26-32(30,31)21-9-5-19(24)6-10-21/h3-10,16-17,26H,11-15H2,1-2H3,(H,25,28). The Labute approximate surface area is 194 Å². The second-order valence-corrected chi connectivity index (χ2v) is 10.5. The third kappa shape index (κ3) is 6.23. The van der Waals surface area contributed by atoms with Gasteiger partial charge >= 0.3 is 0 Å². The number of carbonyl (C=O) groups excluding carboxylic acids is 2. The summed E-state index contributed by atoms with van der Waals surface area (Å²) in [5, 5.41) is 3.41. The minimum absolute atomic E-state index is 0.0584. The van der Waals surface area contributed by atoms with Crippen molar-refractivity contribution < 1.29 is 18.0 Å². The Morgan fingerprint density at radius 1 is 1.03 bits per heavy atom. The van der Waals surface area contributed by atoms with Crippen LogP contribution in [0.1, 0.15) is 37.0 Å². The third-order valence-corrected chi connectivity index (χ3v) is 6.99. The molecular weight excluding hydrogens is 450 g/mol. The lowest BCUT2D eigenvalue weighted by Crippen LogP contribution is -2.43. The zero-order chi connectivity index (χ0) is 23.3. The molecular formula is C23H28ClN3O4S. The first-order valence-corrected chi connectivity index (χ1v) is 12.5. The lowest BCUT2D eigenvalue weighted by molar-refractivity contribution is -0.126. The largest absolute Gasteiger partial charge is 0.356 e. The first-order valence-electron chi connectivity index (χ1n) is 10.6. The second-order valence-electron chi connectivity index (χ2n) is 8.34. The number of rotatable bonds is 7. The predicted octanol–water partition coefficient (Wildman–Crippen LogP) is 3.77. The third-order valence-electron chi connectivity index (χ3n) is 5.35. The minimum Gasteiger partial charge on any atom is -0.356 e. The maximum Gasteiger partial charge on any atom is 0.261 e. The molecule has 0 radical (unpaired) electrons. The monoisotopic (exact) mass is 477 g/mol. The number of sulfonamides is 1. The lowest BCUT2D eigenvalue weighted by Gasteiger charge is -2.31. The van der Waals surface area contributed by atoms with Gasteiger partial charge in [0.1, 0.15) is 0 Å². The van der Waals surface area contributed by atoms with Gasteiger partial charge in [-0.1, -0.05) is 25.4 Å². The summed E-state index contributed by atoms with van der Waals surface area (Å²) >= 11 is 5.81. The SMILES string of the molecule is CC(C)CNC(=O)C1CCN(C(=O)c2ccc(NS(=O)(=O)c3ccc(Cl)cc3)cc2)CC1. The molecule has 3 rings (SSSR count). The molecule has 0 saturated carbocycles. The molecule has 2 N–H and O–H groups in total. The van der Waals surface area contributed by atoms with Crippen LogP contribution in [-0.4, -0.2) is 44.8 Å². The molecule has 1 aliphatic heterocycles. The Morgan fingerprint density at radius 3 is 2.19 bits per heavy atom. The molecule has 0 aromatic heterocycles. The van der Waals surface area contributed by atoms with Crippen molar-refractivity contribution in [3.8, 4) is 0 Å². The number of carbonyl (C=O) groups is 2. The summed E-state index contributed by atoms with van der Waals surface area (Å²) in [4.78, 5) is 26.9. The number of likely N-dealkylation sites (tertiary alicyclic amines) is 1. The molecule has 2 amide bonds. The van der Waals surface area contributed by atoms with Crippen LogP contribution in [0.2, 0.25) is 5.02 Å². The predicted molar refractivity (Wildman–Crippen MR) is 125 cm³/mol. The van der Waals surface area contributed by atoms with Crippen LogP contribution in [0.5, 0.6) is 0 Å². The van der Waals surface area contributed by atoms with Gasteiger partial charge in [0.25, 0.3) is 15.9 Å². The summed E-state index contributed by atoms with van der Waals surface area (Å²) < 4.78 is 27.5. The van der Waals surface area contributed by atoms with E-state index in [0.717, 1.165) is 0 Å². The van der Waals surface area contributed by atoms with Gasteiger partial charge in [-0.25, -0.2) is 8.42 Å². The Hall–Kier alpha value is -2.58. The van der Waals surface area contributed by atoms with Crippen molar-refractivity contribution in [3.63, 3.8) is 0 Å². The molecule has 0 bridgehead atoms. The molecule has 1 aliphatic rings. The van der Waals surface area contributed by atoms with Gasteiger partial charge in [0.15, 0.2) is 0 Å². The van der Waals surface area contributed by atoms with Crippen molar-refractivity contribution in [2.75, 3.05) is 24.4 Å². The van der Waals surface area contributed by atoms with E-state index in [2.05, 4.69) is 23.9 Å². The van der Waals surface area contributed by atoms with Crippen molar-refractivity contribution in [1.82, 2.24) is 10.2 Å². The highest BCUT2D eigenvalue weighted by atomic mass is 35.5. The van der Waals surface area contributed by atoms with Gasteiger partial charge in [0, 0.05) is 41.8 Å². The Bertz CT molecular complexity index is 1050. The highest BCUT2D eigenvalue weighted by molar-refractivity contribution is 7.92. The molecule has 7 nitrogen and oxygen atoms in total. The van der Waals surface area contributed by atoms with Crippen molar-refractivity contribution in [2.45, 2.75) is 31.6 Å². The summed E-state index contributed by atoms with van der Waals surface area (Å²) in [6, 6.07) is 12.2. The second kappa shape index (κ2) is 10.4. The van der Waals surface area contributed by atoms with Gasteiger partial charge < -0.3 is 10.2 Å². The number of hydrogen-bond acceptors (Lipinski definition) is 4. The van der Waals surface area contributed by atoms with Crippen molar-refractivity contribution in [2.24, 2.45) is 11.8 Å². The summed E-state index contributed by atoms with van der Waals surface area (Å²) in [7, 11) is -3.75. The number of hydrogen-bond donors (Lipinski definition) is 2. The van der Waals surface area contributed by atoms with E-state index in [1.165, 1.54) is 24.3 Å². The van der Waals surface area contributed by atoms with Crippen molar-refractivity contribution >= 4 is 39.1 Å². The quantitative estimate of drug-likeness (QED) is 0.634. The fourth-order valence-electron chi connectivity index (χ4n) is 3.49. The molecule has 1 heterocycles. The van der Waals surface area contributed by atoms with E-state index >= 15 is 0 Å². The number of nitrogens with one attached hydrogen (secondary N) is 2. The van der Waals surface area contributed by atoms with E-state index < -0.39 is 10.0 Å². The number of piperidine rings is 1. The zero-order valence-corrected chi connectivity index (χ0v) is 19.7. The van der Waals surface area contributed by atoms with Crippen LogP contribution in [0, 0.1) is 11.8 Å². The lowest BCUT2D eigenvalue weighted by atomic mass is 9.95. The van der Waals surface area contributed by atoms with Crippen LogP contribution < -0.4 is 10.0 Å². The van der Waals surface area contributed by atoms with Crippen LogP contribution in [0.4, 0.5) is 5.69 Å². The smallest absolute Gasteiger partial charge is 0.261 e. The zero-order valence-electron chi connectivity index (χ0n) is 18.2. The average Bonchev–Trinajstić information content (AvgIpc) is 2.77. The van der Waals surface area contributed by atoms with Gasteiger partial charge in [-0.05, 0) is 67.3 Å². The highest BCUT2D eigenvalue weighted by Crippen LogP contribution is 2.22. The number of nitrogens with zero attached hydrogens (tertiary/aromatic N) is 1. The molecule has 2 aromatic rings. The Balaban J connectivity index is 1.56. The molecule has 0 atom stereocenters. The van der Waals surface area contributed by atoms with E-state index in [9.17, 15) is 18.0 Å². The number of halogens is 1. The van der Waals surface area contributed by atoms with Crippen LogP contribution >= 0.6 is 11.6 Å². The van der Waals surface area contributed by atoms with Crippen LogP contribution in [0.3, 0.4) is 0 Å². The van der Waals surface area contributed by atoms with Gasteiger partial charge in [-0.2, -0.15) is 0 Å². The summed E-state index contributed by atoms with van der Waals surface area (Å²) in [6.45, 7) is 5.80. The molecule has 0 spiro atoms. The van der Waals surface area contributed by atoms with Crippen LogP contribution in [0.25, 0.3) is 0 Å². The number of anilines is 1. The molecule has 1 fully saturated rings. The van der Waals surface area contributed by atoms with E-state index in [1.54, 1.807) is 29.2 Å². The minimum atomic E-state index is -3.75. The topological polar surface area (TPSA) is 95.6 Å². The Morgan fingerprint density at radius 2 is 1.62 bits per heavy atom. The van der Waals surface area contributed by atoms with Gasteiger partial charge in [0.05, 0.1) is 4.90 Å². The van der Waals surface area contributed by atoms with Crippen LogP contribution in [-0.2, 0) is 14.8 Å². The summed E-state index contributed by atoms with van der Waals surface area (Å²) in [6.07, 6.45) is 1.27. The van der Waals surface area contributed by atoms with Crippen molar-refractivity contribution in [1.29, 1.82) is 0 Å². The first kappa shape index (κ1) is 24.1. The van der Waals surface area contributed by atoms with Gasteiger partial charge in [-0.15, -0.1) is 0 Å². The highest BCUT2D eigenvalue weighted by Gasteiger charge is 2.27. The normalized spacial score (nSPS) is 14.9. The van der Waals surface area contributed by atoms with E-state index in [1.807, 2.05) is 0 Å². The molecule has 2 aromatic carbocycles. The molecule has 1 saturated heterocycles.